The quantitative estimate of drug-likeness (QED) is 0.0475. The molecule has 5 aromatic carbocycles. The van der Waals surface area contributed by atoms with E-state index in [0.29, 0.717) is 23.1 Å². The number of nitrogens with zero attached hydrogens (tertiary/aromatic N) is 2. The van der Waals surface area contributed by atoms with Gasteiger partial charge in [0.05, 0.1) is 0 Å². The van der Waals surface area contributed by atoms with E-state index >= 15 is 0 Å². The van der Waals surface area contributed by atoms with E-state index in [9.17, 15) is 9.59 Å². The van der Waals surface area contributed by atoms with Crippen LogP contribution in [0.2, 0.25) is 0 Å². The molecule has 5 rings (SSSR count). The first kappa shape index (κ1) is 36.4. The summed E-state index contributed by atoms with van der Waals surface area (Å²) in [5, 5.41) is 0. The van der Waals surface area contributed by atoms with Gasteiger partial charge in [0, 0.05) is 46.1 Å². The molecule has 6 nitrogen and oxygen atoms in total. The Morgan fingerprint density at radius 3 is 1.55 bits per heavy atom. The second kappa shape index (κ2) is 17.2. The maximum atomic E-state index is 12.1. The highest BCUT2D eigenvalue weighted by Gasteiger charge is 2.18. The highest BCUT2D eigenvalue weighted by molar-refractivity contribution is 5.89. The van der Waals surface area contributed by atoms with Crippen LogP contribution in [0.1, 0.15) is 52.0 Å². The van der Waals surface area contributed by atoms with Crippen LogP contribution in [-0.2, 0) is 9.59 Å². The van der Waals surface area contributed by atoms with Gasteiger partial charge in [0.2, 0.25) is 0 Å². The van der Waals surface area contributed by atoms with Crippen LogP contribution < -0.4 is 19.3 Å². The van der Waals surface area contributed by atoms with Gasteiger partial charge in [-0.1, -0.05) is 81.3 Å². The van der Waals surface area contributed by atoms with Crippen LogP contribution in [0.4, 0.5) is 28.4 Å². The Labute approximate surface area is 302 Å². The van der Waals surface area contributed by atoms with Crippen molar-refractivity contribution in [3.05, 3.63) is 152 Å². The van der Waals surface area contributed by atoms with E-state index in [1.165, 1.54) is 36.2 Å². The Morgan fingerprint density at radius 2 is 1.10 bits per heavy atom. The van der Waals surface area contributed by atoms with Crippen molar-refractivity contribution in [2.24, 2.45) is 0 Å². The number of unbranched alkanes of at least 4 members (excludes halogenated alkanes) is 2. The topological polar surface area (TPSA) is 59.1 Å². The summed E-state index contributed by atoms with van der Waals surface area (Å²) in [7, 11) is 0. The zero-order valence-electron chi connectivity index (χ0n) is 30.0. The largest absolute Gasteiger partial charge is 0.423 e. The van der Waals surface area contributed by atoms with Crippen LogP contribution in [0.15, 0.2) is 146 Å². The number of carbonyl (C=O) groups is 2. The van der Waals surface area contributed by atoms with Crippen LogP contribution >= 0.6 is 0 Å². The Hall–Kier alpha value is -5.88. The summed E-state index contributed by atoms with van der Waals surface area (Å²) in [6.07, 6.45) is 5.92. The Bertz CT molecular complexity index is 1930. The van der Waals surface area contributed by atoms with Gasteiger partial charge in [-0.15, -0.1) is 0 Å². The number of hydrogen-bond donors (Lipinski definition) is 0. The summed E-state index contributed by atoms with van der Waals surface area (Å²) < 4.78 is 10.7. The number of rotatable bonds is 15. The van der Waals surface area contributed by atoms with Gasteiger partial charge in [-0.25, -0.2) is 9.59 Å². The minimum atomic E-state index is -0.521. The zero-order valence-corrected chi connectivity index (χ0v) is 30.0. The number of benzene rings is 5. The molecule has 0 radical (unpaired) electrons. The Morgan fingerprint density at radius 1 is 0.667 bits per heavy atom. The molecule has 0 aliphatic heterocycles. The molecule has 0 aliphatic rings. The molecule has 0 bridgehead atoms. The molecule has 0 N–H and O–H groups in total. The van der Waals surface area contributed by atoms with Crippen molar-refractivity contribution in [1.29, 1.82) is 0 Å². The highest BCUT2D eigenvalue weighted by Crippen LogP contribution is 2.38. The van der Waals surface area contributed by atoms with Gasteiger partial charge < -0.3 is 19.3 Å². The maximum absolute atomic E-state index is 12.1. The van der Waals surface area contributed by atoms with Crippen LogP contribution in [0.25, 0.3) is 11.1 Å². The average Bonchev–Trinajstić information content (AvgIpc) is 3.14. The van der Waals surface area contributed by atoms with E-state index in [1.54, 1.807) is 31.2 Å². The van der Waals surface area contributed by atoms with E-state index in [4.69, 9.17) is 9.47 Å². The summed E-state index contributed by atoms with van der Waals surface area (Å²) in [4.78, 5) is 28.4. The smallest absolute Gasteiger partial charge is 0.338 e. The fourth-order valence-corrected chi connectivity index (χ4v) is 5.93. The van der Waals surface area contributed by atoms with Crippen molar-refractivity contribution < 1.29 is 19.1 Å². The lowest BCUT2D eigenvalue weighted by Crippen LogP contribution is -2.28. The first-order valence-electron chi connectivity index (χ1n) is 17.5. The Kier molecular flexibility index (Phi) is 12.3. The lowest BCUT2D eigenvalue weighted by Gasteiger charge is -2.32. The molecule has 51 heavy (non-hydrogen) atoms. The molecule has 1 atom stereocenters. The SMILES string of the molecule is C=CC(=O)Oc1ccc(N(c2ccc(OC(=O)C(=C)C)cc2)c2ccc(-c3ccc(N(c4ccc(C)cc4)C(C)CCCCC)cc3)cc2)cc1. The van der Waals surface area contributed by atoms with Crippen LogP contribution in [0.3, 0.4) is 0 Å². The molecule has 0 heterocycles. The number of esters is 2. The molecule has 0 saturated heterocycles. The van der Waals surface area contributed by atoms with Gasteiger partial charge in [-0.3, -0.25) is 0 Å². The molecule has 260 valence electrons. The summed E-state index contributed by atoms with van der Waals surface area (Å²) in [6, 6.07) is 40.9. The van der Waals surface area contributed by atoms with Crippen LogP contribution in [0.5, 0.6) is 11.5 Å². The third-order valence-electron chi connectivity index (χ3n) is 8.72. The number of anilines is 5. The standard InChI is InChI=1S/C45H46N2O4/c1-7-9-10-11-34(6)46(37-18-12-33(5)13-19-37)38-20-14-35(15-21-38)36-16-22-39(23-17-36)47(40-24-28-42(29-25-40)50-44(48)8-2)41-26-30-43(31-27-41)51-45(49)32(3)4/h8,12-31,34H,2-3,7,9-11H2,1,4-6H3. The van der Waals surface area contributed by atoms with Crippen LogP contribution in [0, 0.1) is 6.92 Å². The molecule has 0 fully saturated rings. The monoisotopic (exact) mass is 678 g/mol. The van der Waals surface area contributed by atoms with E-state index < -0.39 is 11.9 Å². The number of carbonyl (C=O) groups excluding carboxylic acids is 2. The molecule has 6 heteroatoms. The fourth-order valence-electron chi connectivity index (χ4n) is 5.93. The van der Waals surface area contributed by atoms with Crippen molar-refractivity contribution in [3.63, 3.8) is 0 Å². The highest BCUT2D eigenvalue weighted by atomic mass is 16.5. The van der Waals surface area contributed by atoms with Crippen molar-refractivity contribution in [2.75, 3.05) is 9.80 Å². The van der Waals surface area contributed by atoms with Crippen molar-refractivity contribution >= 4 is 40.4 Å². The predicted octanol–water partition coefficient (Wildman–Crippen LogP) is 11.8. The van der Waals surface area contributed by atoms with E-state index in [-0.39, 0.29) is 0 Å². The predicted molar refractivity (Wildman–Crippen MR) is 210 cm³/mol. The second-order valence-electron chi connectivity index (χ2n) is 12.8. The lowest BCUT2D eigenvalue weighted by atomic mass is 10.0. The third-order valence-corrected chi connectivity index (χ3v) is 8.72. The second-order valence-corrected chi connectivity index (χ2v) is 12.8. The van der Waals surface area contributed by atoms with E-state index in [1.807, 2.05) is 24.3 Å². The molecule has 0 amide bonds. The van der Waals surface area contributed by atoms with Gasteiger partial charge in [-0.05, 0) is 123 Å². The van der Waals surface area contributed by atoms with Crippen molar-refractivity contribution in [2.45, 2.75) is 59.4 Å². The molecular formula is C45H46N2O4. The first-order chi connectivity index (χ1) is 24.7. The van der Waals surface area contributed by atoms with E-state index in [2.05, 4.69) is 117 Å². The number of aryl methyl sites for hydroxylation is 1. The fraction of sp³-hybridized carbons (Fsp3) is 0.200. The van der Waals surface area contributed by atoms with Gasteiger partial charge in [0.1, 0.15) is 11.5 Å². The molecule has 0 saturated carbocycles. The summed E-state index contributed by atoms with van der Waals surface area (Å²) in [5.74, 6) is -0.154. The number of hydrogen-bond acceptors (Lipinski definition) is 6. The normalized spacial score (nSPS) is 11.3. The van der Waals surface area contributed by atoms with Gasteiger partial charge in [0.25, 0.3) is 0 Å². The maximum Gasteiger partial charge on any atom is 0.338 e. The molecule has 0 spiro atoms. The van der Waals surface area contributed by atoms with Gasteiger partial charge in [0.15, 0.2) is 0 Å². The Balaban J connectivity index is 1.43. The zero-order chi connectivity index (χ0) is 36.3. The summed E-state index contributed by atoms with van der Waals surface area (Å²) in [6.45, 7) is 15.4. The first-order valence-corrected chi connectivity index (χ1v) is 17.5. The molecule has 0 aromatic heterocycles. The molecular weight excluding hydrogens is 633 g/mol. The minimum absolute atomic E-state index is 0.327. The van der Waals surface area contributed by atoms with Gasteiger partial charge >= 0.3 is 11.9 Å². The third kappa shape index (κ3) is 9.43. The average molecular weight is 679 g/mol. The van der Waals surface area contributed by atoms with Crippen LogP contribution in [-0.4, -0.2) is 18.0 Å². The number of ether oxygens (including phenoxy) is 2. The van der Waals surface area contributed by atoms with Crippen molar-refractivity contribution in [1.82, 2.24) is 0 Å². The van der Waals surface area contributed by atoms with Gasteiger partial charge in [-0.2, -0.15) is 0 Å². The lowest BCUT2D eigenvalue weighted by molar-refractivity contribution is -0.130. The molecule has 1 unspecified atom stereocenters. The minimum Gasteiger partial charge on any atom is -0.423 e. The summed E-state index contributed by atoms with van der Waals surface area (Å²) >= 11 is 0. The summed E-state index contributed by atoms with van der Waals surface area (Å²) in [5.41, 5.74) is 8.79. The van der Waals surface area contributed by atoms with Crippen molar-refractivity contribution in [3.8, 4) is 22.6 Å². The molecule has 0 aliphatic carbocycles. The van der Waals surface area contributed by atoms with E-state index in [0.717, 1.165) is 40.7 Å². The molecule has 5 aromatic rings.